The smallest absolute Gasteiger partial charge is 0.220 e. The van der Waals surface area contributed by atoms with Gasteiger partial charge in [-0.25, -0.2) is 0 Å². The molecule has 17 unspecified atom stereocenters. The Morgan fingerprint density at radius 1 is 0.515 bits per heavy atom. The van der Waals surface area contributed by atoms with E-state index < -0.39 is 124 Å². The highest BCUT2D eigenvalue weighted by molar-refractivity contribution is 5.76. The maximum Gasteiger partial charge on any atom is 0.220 e. The molecule has 3 saturated heterocycles. The molecular formula is C49H89NO18. The normalized spacial score (nSPS) is 33.3. The van der Waals surface area contributed by atoms with E-state index in [2.05, 4.69) is 31.3 Å². The highest BCUT2D eigenvalue weighted by Crippen LogP contribution is 2.33. The van der Waals surface area contributed by atoms with E-state index in [1.54, 1.807) is 6.08 Å². The van der Waals surface area contributed by atoms with Gasteiger partial charge in [-0.1, -0.05) is 122 Å². The molecule has 3 heterocycles. The zero-order valence-corrected chi connectivity index (χ0v) is 40.6. The molecule has 0 bridgehead atoms. The summed E-state index contributed by atoms with van der Waals surface area (Å²) >= 11 is 0. The number of rotatable bonds is 35. The van der Waals surface area contributed by atoms with Crippen molar-refractivity contribution in [2.75, 3.05) is 26.4 Å². The van der Waals surface area contributed by atoms with E-state index in [-0.39, 0.29) is 18.9 Å². The first-order valence-electron chi connectivity index (χ1n) is 25.6. The van der Waals surface area contributed by atoms with Gasteiger partial charge in [0.15, 0.2) is 18.9 Å². The molecule has 3 rings (SSSR count). The number of nitrogens with one attached hydrogen (secondary N) is 1. The Morgan fingerprint density at radius 2 is 0.926 bits per heavy atom. The lowest BCUT2D eigenvalue weighted by Gasteiger charge is -2.48. The third kappa shape index (κ3) is 20.4. The fraction of sp³-hybridized carbons (Fsp3) is 0.898. The summed E-state index contributed by atoms with van der Waals surface area (Å²) < 4.78 is 33.9. The van der Waals surface area contributed by atoms with Gasteiger partial charge in [-0.2, -0.15) is 0 Å². The quantitative estimate of drug-likeness (QED) is 0.0317. The van der Waals surface area contributed by atoms with E-state index in [0.29, 0.717) is 6.42 Å². The van der Waals surface area contributed by atoms with Crippen molar-refractivity contribution in [2.45, 2.75) is 253 Å². The summed E-state index contributed by atoms with van der Waals surface area (Å²) in [5.74, 6) is -0.289. The zero-order valence-electron chi connectivity index (χ0n) is 40.6. The number of aliphatic hydroxyl groups is 11. The average Bonchev–Trinajstić information content (AvgIpc) is 3.33. The number of carbonyl (C=O) groups is 1. The van der Waals surface area contributed by atoms with E-state index in [4.69, 9.17) is 28.4 Å². The van der Waals surface area contributed by atoms with Gasteiger partial charge in [-0.3, -0.25) is 4.79 Å². The van der Waals surface area contributed by atoms with Gasteiger partial charge in [-0.05, 0) is 44.9 Å². The van der Waals surface area contributed by atoms with Crippen LogP contribution < -0.4 is 5.32 Å². The molecule has 0 aromatic rings. The minimum atomic E-state index is -1.97. The molecule has 3 fully saturated rings. The molecule has 0 saturated carbocycles. The number of hydrogen-bond donors (Lipinski definition) is 12. The lowest BCUT2D eigenvalue weighted by molar-refractivity contribution is -0.379. The van der Waals surface area contributed by atoms with E-state index in [1.807, 2.05) is 6.08 Å². The van der Waals surface area contributed by atoms with Crippen LogP contribution in [0.25, 0.3) is 0 Å². The largest absolute Gasteiger partial charge is 0.394 e. The summed E-state index contributed by atoms with van der Waals surface area (Å²) in [5.41, 5.74) is 0. The number of unbranched alkanes of at least 4 members (excludes halogenated alkanes) is 17. The van der Waals surface area contributed by atoms with Gasteiger partial charge < -0.3 is 89.9 Å². The van der Waals surface area contributed by atoms with Crippen molar-refractivity contribution in [1.29, 1.82) is 0 Å². The second kappa shape index (κ2) is 34.6. The Bertz CT molecular complexity index is 1360. The minimum Gasteiger partial charge on any atom is -0.394 e. The molecule has 3 aliphatic heterocycles. The topological polar surface area (TPSA) is 307 Å². The standard InChI is InChI=1S/C49H89NO18/c1-3-5-7-9-10-11-12-13-14-15-16-17-18-19-20-21-23-25-27-37(55)50-32(33(54)26-24-22-8-6-4-2)31-63-47-43(61)40(58)45(35(29-52)65-47)68-49-44(62)41(59)46(36(30-53)66-49)67-48-42(60)39(57)38(56)34(28-51)64-48/h14-15,24,26,32-36,38-49,51-54,56-62H,3-13,16-23,25,27-31H2,1-2H3,(H,50,55)/b15-14-,26-24+. The Hall–Kier alpha value is -1.73. The monoisotopic (exact) mass is 980 g/mol. The van der Waals surface area contributed by atoms with Gasteiger partial charge in [0, 0.05) is 6.42 Å². The molecule has 68 heavy (non-hydrogen) atoms. The zero-order chi connectivity index (χ0) is 49.8. The second-order valence-corrected chi connectivity index (χ2v) is 18.6. The van der Waals surface area contributed by atoms with Gasteiger partial charge in [-0.15, -0.1) is 0 Å². The summed E-state index contributed by atoms with van der Waals surface area (Å²) in [5, 5.41) is 119. The lowest BCUT2D eigenvalue weighted by atomic mass is 9.96. The van der Waals surface area contributed by atoms with Crippen LogP contribution in [0.4, 0.5) is 0 Å². The average molecular weight is 980 g/mol. The van der Waals surface area contributed by atoms with Gasteiger partial charge in [0.2, 0.25) is 5.91 Å². The van der Waals surface area contributed by atoms with Crippen molar-refractivity contribution in [3.05, 3.63) is 24.3 Å². The van der Waals surface area contributed by atoms with E-state index in [9.17, 15) is 61.0 Å². The van der Waals surface area contributed by atoms with Crippen LogP contribution in [0.3, 0.4) is 0 Å². The molecule has 17 atom stereocenters. The molecule has 12 N–H and O–H groups in total. The van der Waals surface area contributed by atoms with Crippen LogP contribution in [-0.4, -0.2) is 193 Å². The maximum absolute atomic E-state index is 13.1. The van der Waals surface area contributed by atoms with Crippen molar-refractivity contribution in [2.24, 2.45) is 0 Å². The van der Waals surface area contributed by atoms with Crippen molar-refractivity contribution < 1.29 is 89.4 Å². The summed E-state index contributed by atoms with van der Waals surface area (Å²) in [6, 6.07) is -0.968. The van der Waals surface area contributed by atoms with Gasteiger partial charge in [0.25, 0.3) is 0 Å². The number of aliphatic hydroxyl groups excluding tert-OH is 11. The van der Waals surface area contributed by atoms with Crippen molar-refractivity contribution in [3.63, 3.8) is 0 Å². The molecule has 19 heteroatoms. The molecule has 0 aliphatic carbocycles. The van der Waals surface area contributed by atoms with Crippen LogP contribution in [-0.2, 0) is 33.2 Å². The van der Waals surface area contributed by atoms with Crippen molar-refractivity contribution >= 4 is 5.91 Å². The third-order valence-corrected chi connectivity index (χ3v) is 13.0. The minimum absolute atomic E-state index is 0.237. The van der Waals surface area contributed by atoms with E-state index in [1.165, 1.54) is 64.2 Å². The fourth-order valence-corrected chi connectivity index (χ4v) is 8.65. The Kier molecular flexibility index (Phi) is 30.8. The number of ether oxygens (including phenoxy) is 6. The van der Waals surface area contributed by atoms with Crippen LogP contribution in [0.1, 0.15) is 149 Å². The Labute approximate surface area is 403 Å². The summed E-state index contributed by atoms with van der Waals surface area (Å²) in [6.45, 7) is 1.55. The molecule has 0 aromatic carbocycles. The Balaban J connectivity index is 1.48. The third-order valence-electron chi connectivity index (χ3n) is 13.0. The number of carbonyl (C=O) groups excluding carboxylic acids is 1. The van der Waals surface area contributed by atoms with Crippen LogP contribution in [0.2, 0.25) is 0 Å². The van der Waals surface area contributed by atoms with Crippen LogP contribution in [0.5, 0.6) is 0 Å². The van der Waals surface area contributed by atoms with Gasteiger partial charge in [0.05, 0.1) is 38.6 Å². The number of hydrogen-bond acceptors (Lipinski definition) is 18. The first-order valence-corrected chi connectivity index (χ1v) is 25.6. The van der Waals surface area contributed by atoms with Gasteiger partial charge in [0.1, 0.15) is 73.2 Å². The number of allylic oxidation sites excluding steroid dienone is 3. The SMILES string of the molecule is CCCCC/C=C/C(O)C(COC1OC(CO)C(OC2OC(CO)C(OC3OC(CO)C(O)C(O)C3O)C(O)C2O)C(O)C1O)NC(=O)CCCCCCCCC/C=C\CCCCCCCCC. The number of amides is 1. The maximum atomic E-state index is 13.1. The molecule has 0 radical (unpaired) electrons. The second-order valence-electron chi connectivity index (χ2n) is 18.6. The Morgan fingerprint density at radius 3 is 1.46 bits per heavy atom. The highest BCUT2D eigenvalue weighted by atomic mass is 16.8. The van der Waals surface area contributed by atoms with Crippen LogP contribution in [0.15, 0.2) is 24.3 Å². The van der Waals surface area contributed by atoms with Crippen LogP contribution >= 0.6 is 0 Å². The molecule has 3 aliphatic rings. The molecular weight excluding hydrogens is 891 g/mol. The predicted molar refractivity (Wildman–Crippen MR) is 250 cm³/mol. The highest BCUT2D eigenvalue weighted by Gasteiger charge is 2.53. The van der Waals surface area contributed by atoms with E-state index in [0.717, 1.165) is 57.8 Å². The van der Waals surface area contributed by atoms with Crippen LogP contribution in [0, 0.1) is 0 Å². The lowest BCUT2D eigenvalue weighted by Crippen LogP contribution is -2.66. The van der Waals surface area contributed by atoms with Gasteiger partial charge >= 0.3 is 0 Å². The van der Waals surface area contributed by atoms with Crippen molar-refractivity contribution in [3.8, 4) is 0 Å². The molecule has 1 amide bonds. The summed E-state index contributed by atoms with van der Waals surface area (Å²) in [4.78, 5) is 13.1. The molecule has 0 spiro atoms. The first kappa shape index (κ1) is 60.6. The van der Waals surface area contributed by atoms with E-state index >= 15 is 0 Å². The molecule has 19 nitrogen and oxygen atoms in total. The predicted octanol–water partition coefficient (Wildman–Crippen LogP) is 1.64. The summed E-state index contributed by atoms with van der Waals surface area (Å²) in [6.07, 6.45) is 3.94. The fourth-order valence-electron chi connectivity index (χ4n) is 8.65. The first-order chi connectivity index (χ1) is 32.8. The molecule has 398 valence electrons. The van der Waals surface area contributed by atoms with Crippen molar-refractivity contribution in [1.82, 2.24) is 5.32 Å². The summed E-state index contributed by atoms with van der Waals surface area (Å²) in [7, 11) is 0. The molecule has 0 aromatic heterocycles.